The Kier molecular flexibility index (Phi) is 5.64. The molecule has 1 aliphatic heterocycles. The molecule has 3 nitrogen and oxygen atoms in total. The molecule has 0 radical (unpaired) electrons. The zero-order chi connectivity index (χ0) is 13.7. The zero-order valence-corrected chi connectivity index (χ0v) is 12.1. The first kappa shape index (κ1) is 14.8. The fourth-order valence-electron chi connectivity index (χ4n) is 2.10. The maximum atomic E-state index is 11.9. The minimum absolute atomic E-state index is 0.0442. The number of carbonyl (C=O) groups is 1. The van der Waals surface area contributed by atoms with E-state index in [2.05, 4.69) is 5.32 Å². The van der Waals surface area contributed by atoms with Gasteiger partial charge in [0.15, 0.2) is 5.78 Å². The van der Waals surface area contributed by atoms with Crippen LogP contribution in [0.15, 0.2) is 18.2 Å². The third kappa shape index (κ3) is 4.77. The van der Waals surface area contributed by atoms with E-state index in [9.17, 15) is 4.79 Å². The highest BCUT2D eigenvalue weighted by atomic mass is 35.5. The highest BCUT2D eigenvalue weighted by Gasteiger charge is 2.15. The van der Waals surface area contributed by atoms with Gasteiger partial charge in [0.2, 0.25) is 0 Å². The number of piperidine rings is 1. The average molecular weight is 302 g/mol. The molecule has 0 aliphatic carbocycles. The Morgan fingerprint density at radius 3 is 2.74 bits per heavy atom. The second-order valence-electron chi connectivity index (χ2n) is 4.71. The summed E-state index contributed by atoms with van der Waals surface area (Å²) < 4.78 is 5.62. The van der Waals surface area contributed by atoms with Crippen LogP contribution in [0.25, 0.3) is 0 Å². The highest BCUT2D eigenvalue weighted by molar-refractivity contribution is 6.35. The van der Waals surface area contributed by atoms with Crippen molar-refractivity contribution in [3.63, 3.8) is 0 Å². The van der Waals surface area contributed by atoms with Crippen LogP contribution < -0.4 is 5.32 Å². The van der Waals surface area contributed by atoms with E-state index < -0.39 is 0 Å². The molecule has 1 heterocycles. The number of hydrogen-bond donors (Lipinski definition) is 1. The molecule has 1 aromatic carbocycles. The number of carbonyl (C=O) groups excluding carboxylic acids is 1. The molecule has 5 heteroatoms. The van der Waals surface area contributed by atoms with E-state index in [4.69, 9.17) is 27.9 Å². The largest absolute Gasteiger partial charge is 0.370 e. The van der Waals surface area contributed by atoms with Crippen molar-refractivity contribution < 1.29 is 9.53 Å². The number of ether oxygens (including phenoxy) is 1. The Labute approximate surface area is 123 Å². The highest BCUT2D eigenvalue weighted by Crippen LogP contribution is 2.21. The van der Waals surface area contributed by atoms with Gasteiger partial charge in [-0.25, -0.2) is 0 Å². The third-order valence-electron chi connectivity index (χ3n) is 3.17. The summed E-state index contributed by atoms with van der Waals surface area (Å²) in [7, 11) is 0. The second-order valence-corrected chi connectivity index (χ2v) is 5.56. The van der Waals surface area contributed by atoms with Crippen molar-refractivity contribution >= 4 is 29.0 Å². The molecule has 0 spiro atoms. The molecular weight excluding hydrogens is 285 g/mol. The quantitative estimate of drug-likeness (QED) is 0.909. The molecule has 1 N–H and O–H groups in total. The van der Waals surface area contributed by atoms with Gasteiger partial charge in [0.25, 0.3) is 0 Å². The van der Waals surface area contributed by atoms with Crippen LogP contribution in [0.2, 0.25) is 10.0 Å². The van der Waals surface area contributed by atoms with E-state index in [1.807, 2.05) is 0 Å². The molecule has 2 rings (SSSR count). The van der Waals surface area contributed by atoms with E-state index in [1.165, 1.54) is 0 Å². The van der Waals surface area contributed by atoms with Crippen LogP contribution in [-0.4, -0.2) is 31.6 Å². The predicted octanol–water partition coefficient (Wildman–Crippen LogP) is 2.87. The number of halogens is 2. The van der Waals surface area contributed by atoms with Crippen LogP contribution in [0.3, 0.4) is 0 Å². The molecular formula is C14H17Cl2NO2. The summed E-state index contributed by atoms with van der Waals surface area (Å²) in [5, 5.41) is 4.37. The van der Waals surface area contributed by atoms with Gasteiger partial charge >= 0.3 is 0 Å². The first-order valence-electron chi connectivity index (χ1n) is 6.43. The smallest absolute Gasteiger partial charge is 0.162 e. The molecule has 0 atom stereocenters. The van der Waals surface area contributed by atoms with E-state index in [0.717, 1.165) is 31.5 Å². The predicted molar refractivity (Wildman–Crippen MR) is 77.0 cm³/mol. The molecule has 1 aromatic rings. The lowest BCUT2D eigenvalue weighted by Crippen LogP contribution is -2.33. The summed E-state index contributed by atoms with van der Waals surface area (Å²) in [5.41, 5.74) is 0.796. The summed E-state index contributed by atoms with van der Waals surface area (Å²) in [6, 6.07) is 5.18. The van der Waals surface area contributed by atoms with Gasteiger partial charge in [-0.15, -0.1) is 0 Å². The van der Waals surface area contributed by atoms with Crippen LogP contribution in [0.5, 0.6) is 0 Å². The molecule has 0 amide bonds. The number of Topliss-reactive ketones (excluding diaryl/α,β-unsaturated/α-hetero) is 1. The lowest BCUT2D eigenvalue weighted by Gasteiger charge is -2.22. The summed E-state index contributed by atoms with van der Waals surface area (Å²) in [4.78, 5) is 11.9. The zero-order valence-electron chi connectivity index (χ0n) is 10.6. The van der Waals surface area contributed by atoms with E-state index in [1.54, 1.807) is 18.2 Å². The van der Waals surface area contributed by atoms with Crippen molar-refractivity contribution in [1.82, 2.24) is 5.32 Å². The van der Waals surface area contributed by atoms with Crippen molar-refractivity contribution in [2.75, 3.05) is 19.7 Å². The van der Waals surface area contributed by atoms with Crippen LogP contribution in [-0.2, 0) is 16.0 Å². The minimum Gasteiger partial charge on any atom is -0.370 e. The van der Waals surface area contributed by atoms with E-state index in [0.29, 0.717) is 16.5 Å². The molecule has 0 saturated carbocycles. The molecule has 19 heavy (non-hydrogen) atoms. The first-order valence-corrected chi connectivity index (χ1v) is 7.18. The number of ketones is 1. The van der Waals surface area contributed by atoms with Crippen molar-refractivity contribution in [2.45, 2.75) is 25.4 Å². The molecule has 0 unspecified atom stereocenters. The van der Waals surface area contributed by atoms with Gasteiger partial charge in [-0.1, -0.05) is 29.3 Å². The summed E-state index contributed by atoms with van der Waals surface area (Å²) in [5.74, 6) is 0.0442. The van der Waals surface area contributed by atoms with Gasteiger partial charge in [-0.2, -0.15) is 0 Å². The van der Waals surface area contributed by atoms with Gasteiger partial charge in [-0.3, -0.25) is 4.79 Å². The van der Waals surface area contributed by atoms with Crippen LogP contribution in [0, 0.1) is 0 Å². The lowest BCUT2D eigenvalue weighted by molar-refractivity contribution is -0.125. The van der Waals surface area contributed by atoms with Gasteiger partial charge < -0.3 is 10.1 Å². The normalized spacial score (nSPS) is 16.5. The van der Waals surface area contributed by atoms with Crippen molar-refractivity contribution in [2.24, 2.45) is 0 Å². The Morgan fingerprint density at radius 1 is 1.32 bits per heavy atom. The Hall–Kier alpha value is -0.610. The van der Waals surface area contributed by atoms with Crippen molar-refractivity contribution in [1.29, 1.82) is 0 Å². The summed E-state index contributed by atoms with van der Waals surface area (Å²) in [6.07, 6.45) is 2.43. The number of hydrogen-bond acceptors (Lipinski definition) is 3. The monoisotopic (exact) mass is 301 g/mol. The molecule has 104 valence electrons. The maximum absolute atomic E-state index is 11.9. The summed E-state index contributed by atoms with van der Waals surface area (Å²) >= 11 is 11.9. The van der Waals surface area contributed by atoms with E-state index >= 15 is 0 Å². The van der Waals surface area contributed by atoms with Crippen molar-refractivity contribution in [3.8, 4) is 0 Å². The van der Waals surface area contributed by atoms with Crippen LogP contribution in [0.4, 0.5) is 0 Å². The summed E-state index contributed by atoms with van der Waals surface area (Å²) in [6.45, 7) is 2.08. The third-order valence-corrected chi connectivity index (χ3v) is 3.76. The van der Waals surface area contributed by atoms with E-state index in [-0.39, 0.29) is 18.5 Å². The minimum atomic E-state index is 0.0442. The van der Waals surface area contributed by atoms with Gasteiger partial charge in [-0.05, 0) is 43.6 Å². The fraction of sp³-hybridized carbons (Fsp3) is 0.500. The molecule has 0 bridgehead atoms. The molecule has 1 fully saturated rings. The Bertz CT molecular complexity index is 445. The molecule has 1 saturated heterocycles. The molecule has 0 aromatic heterocycles. The van der Waals surface area contributed by atoms with Gasteiger partial charge in [0, 0.05) is 16.5 Å². The van der Waals surface area contributed by atoms with Crippen LogP contribution >= 0.6 is 23.2 Å². The first-order chi connectivity index (χ1) is 9.15. The number of benzene rings is 1. The van der Waals surface area contributed by atoms with Crippen LogP contribution in [0.1, 0.15) is 18.4 Å². The maximum Gasteiger partial charge on any atom is 0.162 e. The SMILES string of the molecule is O=C(COC1CCNCC1)Cc1ccc(Cl)cc1Cl. The average Bonchev–Trinajstić information content (AvgIpc) is 2.41. The Balaban J connectivity index is 1.80. The standard InChI is InChI=1S/C14H17Cl2NO2/c15-11-2-1-10(14(16)8-11)7-12(18)9-19-13-3-5-17-6-4-13/h1-2,8,13,17H,3-7,9H2. The fourth-order valence-corrected chi connectivity index (χ4v) is 2.58. The topological polar surface area (TPSA) is 38.3 Å². The molecule has 1 aliphatic rings. The van der Waals surface area contributed by atoms with Gasteiger partial charge in [0.1, 0.15) is 6.61 Å². The number of nitrogens with one attached hydrogen (secondary N) is 1. The second kappa shape index (κ2) is 7.25. The van der Waals surface area contributed by atoms with Crippen molar-refractivity contribution in [3.05, 3.63) is 33.8 Å². The van der Waals surface area contributed by atoms with Gasteiger partial charge in [0.05, 0.1) is 6.10 Å². The number of rotatable bonds is 5. The lowest BCUT2D eigenvalue weighted by atomic mass is 10.1. The Morgan fingerprint density at radius 2 is 2.05 bits per heavy atom.